The highest BCUT2D eigenvalue weighted by Crippen LogP contribution is 2.27. The summed E-state index contributed by atoms with van der Waals surface area (Å²) in [7, 11) is 1.58. The number of hydrogen-bond donors (Lipinski definition) is 2. The number of oxime groups is 1. The Morgan fingerprint density at radius 1 is 1.10 bits per heavy atom. The number of nitrogens with one attached hydrogen (secondary N) is 2. The SMILES string of the molecule is COc1ccc(NC(=O)Cn2cc(NC(=O)C3=NOC(c4ccccc4)C3)cn2)cc1. The van der Waals surface area contributed by atoms with Gasteiger partial charge in [-0.25, -0.2) is 0 Å². The Labute approximate surface area is 178 Å². The molecular formula is C22H21N5O4. The highest BCUT2D eigenvalue weighted by atomic mass is 16.6. The predicted octanol–water partition coefficient (Wildman–Crippen LogP) is 2.99. The van der Waals surface area contributed by atoms with E-state index in [1.807, 2.05) is 30.3 Å². The van der Waals surface area contributed by atoms with Crippen LogP contribution in [0, 0.1) is 0 Å². The second-order valence-electron chi connectivity index (χ2n) is 6.90. The smallest absolute Gasteiger partial charge is 0.273 e. The van der Waals surface area contributed by atoms with Gasteiger partial charge in [-0.2, -0.15) is 5.10 Å². The zero-order valence-electron chi connectivity index (χ0n) is 16.8. The Morgan fingerprint density at radius 3 is 2.61 bits per heavy atom. The summed E-state index contributed by atoms with van der Waals surface area (Å²) in [6.07, 6.45) is 3.17. The summed E-state index contributed by atoms with van der Waals surface area (Å²) in [4.78, 5) is 30.1. The first-order valence-corrected chi connectivity index (χ1v) is 9.66. The number of amides is 2. The van der Waals surface area contributed by atoms with E-state index < -0.39 is 0 Å². The maximum absolute atomic E-state index is 12.5. The van der Waals surface area contributed by atoms with Crippen LogP contribution in [0.2, 0.25) is 0 Å². The molecule has 0 saturated heterocycles. The van der Waals surface area contributed by atoms with Crippen LogP contribution in [0.5, 0.6) is 5.75 Å². The molecule has 0 spiro atoms. The molecule has 158 valence electrons. The van der Waals surface area contributed by atoms with Gasteiger partial charge in [0.1, 0.15) is 18.0 Å². The molecule has 31 heavy (non-hydrogen) atoms. The molecule has 2 N–H and O–H groups in total. The molecule has 0 radical (unpaired) electrons. The fraction of sp³-hybridized carbons (Fsp3) is 0.182. The zero-order chi connectivity index (χ0) is 21.6. The normalized spacial score (nSPS) is 15.0. The molecular weight excluding hydrogens is 398 g/mol. The van der Waals surface area contributed by atoms with E-state index in [0.29, 0.717) is 29.3 Å². The van der Waals surface area contributed by atoms with Crippen molar-refractivity contribution in [2.45, 2.75) is 19.1 Å². The van der Waals surface area contributed by atoms with Crippen LogP contribution in [0.25, 0.3) is 0 Å². The first kappa shape index (κ1) is 20.1. The minimum atomic E-state index is -0.360. The van der Waals surface area contributed by atoms with Gasteiger partial charge in [0, 0.05) is 18.3 Å². The minimum Gasteiger partial charge on any atom is -0.497 e. The van der Waals surface area contributed by atoms with Gasteiger partial charge in [-0.3, -0.25) is 14.3 Å². The van der Waals surface area contributed by atoms with Gasteiger partial charge in [-0.15, -0.1) is 0 Å². The lowest BCUT2D eigenvalue weighted by Crippen LogP contribution is -2.21. The fourth-order valence-electron chi connectivity index (χ4n) is 3.10. The molecule has 0 bridgehead atoms. The van der Waals surface area contributed by atoms with Gasteiger partial charge in [-0.1, -0.05) is 35.5 Å². The molecule has 9 heteroatoms. The largest absolute Gasteiger partial charge is 0.497 e. The molecule has 1 aliphatic heterocycles. The quantitative estimate of drug-likeness (QED) is 0.612. The highest BCUT2D eigenvalue weighted by Gasteiger charge is 2.27. The van der Waals surface area contributed by atoms with E-state index in [9.17, 15) is 9.59 Å². The summed E-state index contributed by atoms with van der Waals surface area (Å²) in [6.45, 7) is 0.00202. The fourth-order valence-corrected chi connectivity index (χ4v) is 3.10. The molecule has 9 nitrogen and oxygen atoms in total. The third kappa shape index (κ3) is 5.08. The first-order chi connectivity index (χ1) is 15.1. The highest BCUT2D eigenvalue weighted by molar-refractivity contribution is 6.43. The third-order valence-corrected chi connectivity index (χ3v) is 4.67. The molecule has 0 saturated carbocycles. The van der Waals surface area contributed by atoms with Crippen LogP contribution in [-0.4, -0.2) is 34.4 Å². The van der Waals surface area contributed by atoms with Crippen molar-refractivity contribution < 1.29 is 19.2 Å². The van der Waals surface area contributed by atoms with Gasteiger partial charge < -0.3 is 20.2 Å². The zero-order valence-corrected chi connectivity index (χ0v) is 16.8. The summed E-state index contributed by atoms with van der Waals surface area (Å²) in [5.41, 5.74) is 2.38. The molecule has 0 aliphatic carbocycles. The molecule has 1 atom stereocenters. The Kier molecular flexibility index (Phi) is 5.93. The Morgan fingerprint density at radius 2 is 1.87 bits per heavy atom. The number of rotatable bonds is 7. The van der Waals surface area contributed by atoms with Crippen molar-refractivity contribution in [1.82, 2.24) is 9.78 Å². The van der Waals surface area contributed by atoms with Crippen molar-refractivity contribution in [1.29, 1.82) is 0 Å². The second-order valence-corrected chi connectivity index (χ2v) is 6.90. The van der Waals surface area contributed by atoms with E-state index in [1.54, 1.807) is 37.6 Å². The Hall–Kier alpha value is -4.14. The van der Waals surface area contributed by atoms with Gasteiger partial charge in [0.15, 0.2) is 6.10 Å². The summed E-state index contributed by atoms with van der Waals surface area (Å²) in [5, 5.41) is 13.5. The van der Waals surface area contributed by atoms with E-state index in [1.165, 1.54) is 10.9 Å². The van der Waals surface area contributed by atoms with Gasteiger partial charge in [0.25, 0.3) is 5.91 Å². The molecule has 1 aliphatic rings. The van der Waals surface area contributed by atoms with Gasteiger partial charge in [0.2, 0.25) is 5.91 Å². The third-order valence-electron chi connectivity index (χ3n) is 4.67. The van der Waals surface area contributed by atoms with Crippen LogP contribution >= 0.6 is 0 Å². The van der Waals surface area contributed by atoms with E-state index in [0.717, 1.165) is 5.56 Å². The standard InChI is InChI=1S/C22H21N5O4/c1-30-18-9-7-16(8-10-18)24-21(28)14-27-13-17(12-23-27)25-22(29)19-11-20(31-26-19)15-5-3-2-4-6-15/h2-10,12-13,20H,11,14H2,1H3,(H,24,28)(H,25,29). The van der Waals surface area contributed by atoms with Gasteiger partial charge in [-0.05, 0) is 29.8 Å². The monoisotopic (exact) mass is 419 g/mol. The van der Waals surface area contributed by atoms with Crippen molar-refractivity contribution in [3.05, 3.63) is 72.6 Å². The van der Waals surface area contributed by atoms with Crippen LogP contribution in [0.1, 0.15) is 18.1 Å². The minimum absolute atomic E-state index is 0.00202. The lowest BCUT2D eigenvalue weighted by molar-refractivity contribution is -0.117. The summed E-state index contributed by atoms with van der Waals surface area (Å²) in [5.74, 6) is 0.101. The molecule has 2 amide bonds. The number of anilines is 2. The van der Waals surface area contributed by atoms with Crippen LogP contribution < -0.4 is 15.4 Å². The van der Waals surface area contributed by atoms with Crippen LogP contribution in [0.15, 0.2) is 72.1 Å². The maximum Gasteiger partial charge on any atom is 0.273 e. The average molecular weight is 419 g/mol. The maximum atomic E-state index is 12.5. The molecule has 2 aromatic carbocycles. The number of methoxy groups -OCH3 is 1. The van der Waals surface area contributed by atoms with Gasteiger partial charge >= 0.3 is 0 Å². The van der Waals surface area contributed by atoms with Crippen LogP contribution in [0.3, 0.4) is 0 Å². The molecule has 4 rings (SSSR count). The predicted molar refractivity (Wildman–Crippen MR) is 115 cm³/mol. The number of aromatic nitrogens is 2. The van der Waals surface area contributed by atoms with Crippen molar-refractivity contribution in [3.8, 4) is 5.75 Å². The summed E-state index contributed by atoms with van der Waals surface area (Å²) < 4.78 is 6.53. The Balaban J connectivity index is 1.28. The average Bonchev–Trinajstić information content (AvgIpc) is 3.45. The van der Waals surface area contributed by atoms with Crippen molar-refractivity contribution >= 4 is 28.9 Å². The first-order valence-electron chi connectivity index (χ1n) is 9.66. The van der Waals surface area contributed by atoms with Gasteiger partial charge in [0.05, 0.1) is 19.0 Å². The van der Waals surface area contributed by atoms with Crippen LogP contribution in [0.4, 0.5) is 11.4 Å². The summed E-state index contributed by atoms with van der Waals surface area (Å²) in [6, 6.07) is 16.6. The Bertz CT molecular complexity index is 1090. The van der Waals surface area contributed by atoms with Crippen molar-refractivity contribution in [2.75, 3.05) is 17.7 Å². The molecule has 3 aromatic rings. The van der Waals surface area contributed by atoms with E-state index in [-0.39, 0.29) is 24.5 Å². The van der Waals surface area contributed by atoms with E-state index >= 15 is 0 Å². The number of nitrogens with zero attached hydrogens (tertiary/aromatic N) is 3. The van der Waals surface area contributed by atoms with Crippen LogP contribution in [-0.2, 0) is 21.0 Å². The van der Waals surface area contributed by atoms with E-state index in [2.05, 4.69) is 20.9 Å². The number of ether oxygens (including phenoxy) is 1. The number of hydrogen-bond acceptors (Lipinski definition) is 6. The summed E-state index contributed by atoms with van der Waals surface area (Å²) >= 11 is 0. The second kappa shape index (κ2) is 9.12. The molecule has 0 fully saturated rings. The van der Waals surface area contributed by atoms with Crippen molar-refractivity contribution in [3.63, 3.8) is 0 Å². The lowest BCUT2D eigenvalue weighted by atomic mass is 10.0. The van der Waals surface area contributed by atoms with Crippen molar-refractivity contribution in [2.24, 2.45) is 5.16 Å². The lowest BCUT2D eigenvalue weighted by Gasteiger charge is -2.07. The number of benzene rings is 2. The number of carbonyl (C=O) groups excluding carboxylic acids is 2. The van der Waals surface area contributed by atoms with E-state index in [4.69, 9.17) is 9.57 Å². The molecule has 1 unspecified atom stereocenters. The molecule has 1 aromatic heterocycles. The topological polar surface area (TPSA) is 107 Å². The number of carbonyl (C=O) groups is 2. The molecule has 2 heterocycles.